The van der Waals surface area contributed by atoms with Crippen LogP contribution in [0.4, 0.5) is 13.2 Å². The van der Waals surface area contributed by atoms with Gasteiger partial charge in [0.1, 0.15) is 0 Å². The molecule has 0 heterocycles. The van der Waals surface area contributed by atoms with Crippen molar-refractivity contribution in [1.29, 1.82) is 0 Å². The Bertz CT molecular complexity index is 363. The lowest BCUT2D eigenvalue weighted by atomic mass is 10.1. The molecule has 88 valence electrons. The molecule has 0 fully saturated rings. The first-order valence-electron chi connectivity index (χ1n) is 4.86. The molecule has 0 atom stereocenters. The molecule has 1 aromatic rings. The van der Waals surface area contributed by atoms with Crippen molar-refractivity contribution in [2.45, 2.75) is 19.5 Å². The quantitative estimate of drug-likeness (QED) is 0.790. The van der Waals surface area contributed by atoms with Crippen molar-refractivity contribution in [3.63, 3.8) is 0 Å². The molecule has 0 unspecified atom stereocenters. The molecule has 0 radical (unpaired) electrons. The number of allylic oxidation sites excluding steroid dienone is 1. The Labute approximate surface area is 92.2 Å². The van der Waals surface area contributed by atoms with Gasteiger partial charge in [0.05, 0.1) is 12.2 Å². The average molecular weight is 230 g/mol. The summed E-state index contributed by atoms with van der Waals surface area (Å²) in [5.74, 6) is 0. The minimum Gasteiger partial charge on any atom is -0.392 e. The molecule has 1 nitrogen and oxygen atoms in total. The van der Waals surface area contributed by atoms with E-state index in [1.54, 1.807) is 13.0 Å². The lowest BCUT2D eigenvalue weighted by Gasteiger charge is -2.06. The summed E-state index contributed by atoms with van der Waals surface area (Å²) in [5, 5.41) is 8.75. The molecule has 0 saturated heterocycles. The fourth-order valence-electron chi connectivity index (χ4n) is 1.19. The number of hydrogen-bond donors (Lipinski definition) is 1. The number of halogens is 3. The highest BCUT2D eigenvalue weighted by atomic mass is 19.4. The van der Waals surface area contributed by atoms with Gasteiger partial charge >= 0.3 is 6.18 Å². The third-order valence-corrected chi connectivity index (χ3v) is 2.22. The smallest absolute Gasteiger partial charge is 0.392 e. The number of benzene rings is 1. The van der Waals surface area contributed by atoms with E-state index in [0.29, 0.717) is 6.42 Å². The molecule has 0 aromatic heterocycles. The lowest BCUT2D eigenvalue weighted by Crippen LogP contribution is -2.04. The minimum absolute atomic E-state index is 0.0271. The molecule has 0 saturated carbocycles. The Morgan fingerprint density at radius 1 is 1.25 bits per heavy atom. The van der Waals surface area contributed by atoms with E-state index in [4.69, 9.17) is 5.11 Å². The van der Waals surface area contributed by atoms with Crippen LogP contribution >= 0.6 is 0 Å². The fourth-order valence-corrected chi connectivity index (χ4v) is 1.19. The Balaban J connectivity index is 2.73. The maximum Gasteiger partial charge on any atom is 0.416 e. The second kappa shape index (κ2) is 5.16. The Morgan fingerprint density at radius 3 is 2.25 bits per heavy atom. The van der Waals surface area contributed by atoms with E-state index < -0.39 is 11.7 Å². The van der Waals surface area contributed by atoms with Crippen LogP contribution in [-0.2, 0) is 12.6 Å². The summed E-state index contributed by atoms with van der Waals surface area (Å²) in [5.41, 5.74) is 0.958. The largest absolute Gasteiger partial charge is 0.416 e. The third kappa shape index (κ3) is 3.70. The zero-order chi connectivity index (χ0) is 12.2. The molecule has 1 aromatic carbocycles. The van der Waals surface area contributed by atoms with Crippen molar-refractivity contribution in [2.24, 2.45) is 0 Å². The number of aliphatic hydroxyl groups is 1. The van der Waals surface area contributed by atoms with Gasteiger partial charge in [-0.25, -0.2) is 0 Å². The Morgan fingerprint density at radius 2 is 1.81 bits per heavy atom. The fraction of sp³-hybridized carbons (Fsp3) is 0.333. The molecule has 0 spiro atoms. The molecule has 1 rings (SSSR count). The van der Waals surface area contributed by atoms with Crippen LogP contribution in [0.15, 0.2) is 35.9 Å². The van der Waals surface area contributed by atoms with Crippen molar-refractivity contribution in [3.05, 3.63) is 47.0 Å². The van der Waals surface area contributed by atoms with Crippen LogP contribution in [0.3, 0.4) is 0 Å². The molecule has 1 N–H and O–H groups in total. The zero-order valence-electron chi connectivity index (χ0n) is 8.88. The summed E-state index contributed by atoms with van der Waals surface area (Å²) < 4.78 is 36.7. The Hall–Kier alpha value is -1.29. The van der Waals surface area contributed by atoms with Crippen molar-refractivity contribution >= 4 is 0 Å². The first kappa shape index (κ1) is 12.8. The highest BCUT2D eigenvalue weighted by Gasteiger charge is 2.29. The minimum atomic E-state index is -4.28. The Kier molecular flexibility index (Phi) is 4.12. The molecule has 0 bridgehead atoms. The van der Waals surface area contributed by atoms with Gasteiger partial charge in [-0.3, -0.25) is 0 Å². The van der Waals surface area contributed by atoms with Crippen LogP contribution in [0, 0.1) is 0 Å². The molecular weight excluding hydrogens is 217 g/mol. The summed E-state index contributed by atoms with van der Waals surface area (Å²) in [7, 11) is 0. The second-order valence-corrected chi connectivity index (χ2v) is 3.61. The summed E-state index contributed by atoms with van der Waals surface area (Å²) in [6.45, 7) is 1.74. The maximum atomic E-state index is 12.2. The van der Waals surface area contributed by atoms with Gasteiger partial charge in [0.2, 0.25) is 0 Å². The molecule has 4 heteroatoms. The number of hydrogen-bond acceptors (Lipinski definition) is 1. The van der Waals surface area contributed by atoms with E-state index >= 15 is 0 Å². The topological polar surface area (TPSA) is 20.2 Å². The van der Waals surface area contributed by atoms with Crippen LogP contribution in [0.2, 0.25) is 0 Å². The van der Waals surface area contributed by atoms with E-state index in [2.05, 4.69) is 0 Å². The highest BCUT2D eigenvalue weighted by molar-refractivity contribution is 5.26. The van der Waals surface area contributed by atoms with Gasteiger partial charge in [-0.05, 0) is 31.0 Å². The van der Waals surface area contributed by atoms with Crippen LogP contribution in [0.5, 0.6) is 0 Å². The lowest BCUT2D eigenvalue weighted by molar-refractivity contribution is -0.137. The predicted octanol–water partition coefficient (Wildman–Crippen LogP) is 3.19. The number of alkyl halides is 3. The number of aliphatic hydroxyl groups excluding tert-OH is 1. The van der Waals surface area contributed by atoms with Crippen LogP contribution in [0.1, 0.15) is 18.1 Å². The zero-order valence-corrected chi connectivity index (χ0v) is 8.88. The number of rotatable bonds is 3. The van der Waals surface area contributed by atoms with Gasteiger partial charge in [-0.1, -0.05) is 23.8 Å². The van der Waals surface area contributed by atoms with Crippen molar-refractivity contribution < 1.29 is 18.3 Å². The maximum absolute atomic E-state index is 12.2. The summed E-state index contributed by atoms with van der Waals surface area (Å²) in [4.78, 5) is 0. The molecule has 16 heavy (non-hydrogen) atoms. The normalized spacial score (nSPS) is 12.9. The molecule has 0 aliphatic heterocycles. The average Bonchev–Trinajstić information content (AvgIpc) is 2.25. The van der Waals surface area contributed by atoms with E-state index in [0.717, 1.165) is 23.3 Å². The molecule has 0 aliphatic carbocycles. The van der Waals surface area contributed by atoms with E-state index in [1.165, 1.54) is 12.1 Å². The molecular formula is C12H13F3O. The third-order valence-electron chi connectivity index (χ3n) is 2.22. The van der Waals surface area contributed by atoms with E-state index in [-0.39, 0.29) is 6.61 Å². The molecule has 0 aliphatic rings. The van der Waals surface area contributed by atoms with Gasteiger partial charge in [-0.15, -0.1) is 0 Å². The predicted molar refractivity (Wildman–Crippen MR) is 56.0 cm³/mol. The summed E-state index contributed by atoms with van der Waals surface area (Å²) >= 11 is 0. The van der Waals surface area contributed by atoms with Gasteiger partial charge in [0, 0.05) is 0 Å². The van der Waals surface area contributed by atoms with Crippen molar-refractivity contribution in [1.82, 2.24) is 0 Å². The molecule has 0 amide bonds. The van der Waals surface area contributed by atoms with Gasteiger partial charge < -0.3 is 5.11 Å². The van der Waals surface area contributed by atoms with Crippen molar-refractivity contribution in [2.75, 3.05) is 6.61 Å². The van der Waals surface area contributed by atoms with Gasteiger partial charge in [0.25, 0.3) is 0 Å². The first-order chi connectivity index (χ1) is 7.43. The summed E-state index contributed by atoms with van der Waals surface area (Å²) in [6, 6.07) is 5.03. The van der Waals surface area contributed by atoms with Crippen LogP contribution < -0.4 is 0 Å². The van der Waals surface area contributed by atoms with Crippen LogP contribution in [0.25, 0.3) is 0 Å². The monoisotopic (exact) mass is 230 g/mol. The second-order valence-electron chi connectivity index (χ2n) is 3.61. The van der Waals surface area contributed by atoms with Gasteiger partial charge in [-0.2, -0.15) is 13.2 Å². The highest BCUT2D eigenvalue weighted by Crippen LogP contribution is 2.29. The SMILES string of the molecule is C/C(=C\Cc1ccc(C(F)(F)F)cc1)CO. The van der Waals surface area contributed by atoms with Gasteiger partial charge in [0.15, 0.2) is 0 Å². The van der Waals surface area contributed by atoms with Crippen molar-refractivity contribution in [3.8, 4) is 0 Å². The standard InChI is InChI=1S/C12H13F3O/c1-9(8-16)2-3-10-4-6-11(7-5-10)12(13,14)15/h2,4-7,16H,3,8H2,1H3/b9-2+. The van der Waals surface area contributed by atoms with Crippen LogP contribution in [-0.4, -0.2) is 11.7 Å². The van der Waals surface area contributed by atoms with E-state index in [1.807, 2.05) is 0 Å². The summed E-state index contributed by atoms with van der Waals surface area (Å²) in [6.07, 6.45) is -1.96. The first-order valence-corrected chi connectivity index (χ1v) is 4.86. The van der Waals surface area contributed by atoms with E-state index in [9.17, 15) is 13.2 Å².